The molecule has 6 rings (SSSR count). The number of nitrogens with one attached hydrogen (secondary N) is 4. The van der Waals surface area contributed by atoms with Gasteiger partial charge in [-0.2, -0.15) is 0 Å². The Bertz CT molecular complexity index is 1660. The van der Waals surface area contributed by atoms with Crippen LogP contribution < -0.4 is 20.1 Å². The van der Waals surface area contributed by atoms with Gasteiger partial charge < -0.3 is 30.1 Å². The highest BCUT2D eigenvalue weighted by atomic mass is 16.5. The van der Waals surface area contributed by atoms with Gasteiger partial charge in [0.25, 0.3) is 5.91 Å². The zero-order chi connectivity index (χ0) is 27.6. The molecule has 204 valence electrons. The molecule has 2 unspecified atom stereocenters. The van der Waals surface area contributed by atoms with Crippen LogP contribution in [0, 0.1) is 0 Å². The highest BCUT2D eigenvalue weighted by Gasteiger charge is 2.28. The predicted octanol–water partition coefficient (Wildman–Crippen LogP) is 5.20. The lowest BCUT2D eigenvalue weighted by molar-refractivity contribution is -0.123. The first-order chi connectivity index (χ1) is 19.5. The molecule has 8 heteroatoms. The van der Waals surface area contributed by atoms with E-state index in [1.54, 1.807) is 26.4 Å². The average Bonchev–Trinajstić information content (AvgIpc) is 3.60. The number of rotatable bonds is 8. The lowest BCUT2D eigenvalue weighted by Crippen LogP contribution is -2.49. The zero-order valence-electron chi connectivity index (χ0n) is 22.5. The van der Waals surface area contributed by atoms with Crippen molar-refractivity contribution in [3.05, 3.63) is 95.3 Å². The van der Waals surface area contributed by atoms with Gasteiger partial charge in [-0.05, 0) is 54.2 Å². The largest absolute Gasteiger partial charge is 0.493 e. The Balaban J connectivity index is 1.29. The van der Waals surface area contributed by atoms with Crippen LogP contribution in [0.15, 0.2) is 72.9 Å². The number of aromatic amines is 2. The van der Waals surface area contributed by atoms with E-state index in [4.69, 9.17) is 9.47 Å². The van der Waals surface area contributed by atoms with Crippen LogP contribution in [0.1, 0.15) is 46.1 Å². The Morgan fingerprint density at radius 3 is 2.60 bits per heavy atom. The molecular weight excluding hydrogens is 504 g/mol. The van der Waals surface area contributed by atoms with Gasteiger partial charge in [0.15, 0.2) is 11.5 Å². The maximum atomic E-state index is 13.8. The number of fused-ring (bicyclic) bond motifs is 3. The normalized spacial score (nSPS) is 15.4. The smallest absolute Gasteiger partial charge is 0.268 e. The molecule has 0 bridgehead atoms. The predicted molar refractivity (Wildman–Crippen MR) is 155 cm³/mol. The Labute approximate surface area is 232 Å². The van der Waals surface area contributed by atoms with Crippen molar-refractivity contribution < 1.29 is 19.1 Å². The summed E-state index contributed by atoms with van der Waals surface area (Å²) in [5.41, 5.74) is 5.45. The van der Waals surface area contributed by atoms with Gasteiger partial charge in [-0.3, -0.25) is 9.59 Å². The van der Waals surface area contributed by atoms with Gasteiger partial charge in [0, 0.05) is 40.5 Å². The fraction of sp³-hybridized carbons (Fsp3) is 0.250. The number of H-pyrrole nitrogens is 2. The third kappa shape index (κ3) is 4.88. The number of aryl methyl sites for hydroxylation is 1. The lowest BCUT2D eigenvalue weighted by Gasteiger charge is -2.28. The molecule has 3 aromatic carbocycles. The van der Waals surface area contributed by atoms with Crippen molar-refractivity contribution in [2.75, 3.05) is 14.2 Å². The summed E-state index contributed by atoms with van der Waals surface area (Å²) in [6.45, 7) is 0. The number of ether oxygens (including phenoxy) is 2. The number of benzene rings is 3. The van der Waals surface area contributed by atoms with E-state index in [2.05, 4.69) is 32.7 Å². The molecule has 0 fully saturated rings. The molecule has 2 aromatic heterocycles. The van der Waals surface area contributed by atoms with Crippen molar-refractivity contribution in [1.82, 2.24) is 20.6 Å². The SMILES string of the molecule is COc1cc2cc(C(=O)NC(Cc3c[nH]c4ccccc34)C(=O)NC3CCCc4ccccc43)[nH]c2cc1OC. The van der Waals surface area contributed by atoms with E-state index >= 15 is 0 Å². The fourth-order valence-corrected chi connectivity index (χ4v) is 5.72. The summed E-state index contributed by atoms with van der Waals surface area (Å²) < 4.78 is 10.8. The second-order valence-electron chi connectivity index (χ2n) is 10.2. The van der Waals surface area contributed by atoms with Crippen LogP contribution in [-0.4, -0.2) is 42.0 Å². The van der Waals surface area contributed by atoms with E-state index in [1.165, 1.54) is 5.56 Å². The van der Waals surface area contributed by atoms with Gasteiger partial charge in [-0.25, -0.2) is 0 Å². The Kier molecular flexibility index (Phi) is 6.90. The molecule has 40 heavy (non-hydrogen) atoms. The minimum Gasteiger partial charge on any atom is -0.493 e. The molecule has 1 aliphatic rings. The molecule has 2 heterocycles. The first kappa shape index (κ1) is 25.6. The number of aromatic nitrogens is 2. The van der Waals surface area contributed by atoms with Crippen LogP contribution >= 0.6 is 0 Å². The molecule has 0 aliphatic heterocycles. The maximum Gasteiger partial charge on any atom is 0.268 e. The van der Waals surface area contributed by atoms with Crippen molar-refractivity contribution in [3.63, 3.8) is 0 Å². The Morgan fingerprint density at radius 1 is 0.975 bits per heavy atom. The quantitative estimate of drug-likeness (QED) is 0.219. The number of methoxy groups -OCH3 is 2. The molecule has 0 spiro atoms. The van der Waals surface area contributed by atoms with Gasteiger partial charge in [0.2, 0.25) is 5.91 Å². The number of para-hydroxylation sites is 1. The monoisotopic (exact) mass is 536 g/mol. The molecule has 0 saturated heterocycles. The Hall–Kier alpha value is -4.72. The second kappa shape index (κ2) is 10.8. The molecule has 8 nitrogen and oxygen atoms in total. The van der Waals surface area contributed by atoms with Crippen LogP contribution in [0.4, 0.5) is 0 Å². The van der Waals surface area contributed by atoms with Gasteiger partial charge in [-0.1, -0.05) is 42.5 Å². The van der Waals surface area contributed by atoms with Gasteiger partial charge in [0.05, 0.1) is 20.3 Å². The molecule has 2 atom stereocenters. The number of carbonyl (C=O) groups excluding carboxylic acids is 2. The van der Waals surface area contributed by atoms with E-state index in [-0.39, 0.29) is 17.9 Å². The minimum absolute atomic E-state index is 0.0900. The van der Waals surface area contributed by atoms with Crippen LogP contribution in [0.25, 0.3) is 21.8 Å². The highest BCUT2D eigenvalue weighted by molar-refractivity contribution is 6.01. The minimum atomic E-state index is -0.781. The van der Waals surface area contributed by atoms with E-state index in [0.717, 1.165) is 52.2 Å². The van der Waals surface area contributed by atoms with E-state index in [9.17, 15) is 9.59 Å². The summed E-state index contributed by atoms with van der Waals surface area (Å²) in [5.74, 6) is 0.566. The molecule has 2 amide bonds. The van der Waals surface area contributed by atoms with E-state index in [1.807, 2.05) is 48.7 Å². The first-order valence-corrected chi connectivity index (χ1v) is 13.5. The van der Waals surface area contributed by atoms with Crippen LogP contribution in [0.3, 0.4) is 0 Å². The van der Waals surface area contributed by atoms with Crippen LogP contribution in [0.5, 0.6) is 11.5 Å². The summed E-state index contributed by atoms with van der Waals surface area (Å²) in [7, 11) is 3.14. The molecule has 1 aliphatic carbocycles. The molecule has 4 N–H and O–H groups in total. The van der Waals surface area contributed by atoms with Gasteiger partial charge >= 0.3 is 0 Å². The molecule has 0 radical (unpaired) electrons. The van der Waals surface area contributed by atoms with Crippen molar-refractivity contribution in [2.24, 2.45) is 0 Å². The van der Waals surface area contributed by atoms with Crippen LogP contribution in [0.2, 0.25) is 0 Å². The van der Waals surface area contributed by atoms with E-state index in [0.29, 0.717) is 23.6 Å². The summed E-state index contributed by atoms with van der Waals surface area (Å²) in [6.07, 6.45) is 5.13. The fourth-order valence-electron chi connectivity index (χ4n) is 5.72. The first-order valence-electron chi connectivity index (χ1n) is 13.5. The third-order valence-corrected chi connectivity index (χ3v) is 7.78. The highest BCUT2D eigenvalue weighted by Crippen LogP contribution is 2.33. The molecule has 0 saturated carbocycles. The second-order valence-corrected chi connectivity index (χ2v) is 10.2. The van der Waals surface area contributed by atoms with Crippen molar-refractivity contribution in [1.29, 1.82) is 0 Å². The summed E-state index contributed by atoms with van der Waals surface area (Å²) in [4.78, 5) is 33.8. The lowest BCUT2D eigenvalue weighted by atomic mass is 9.87. The standard InChI is InChI=1S/C32H32N4O4/c1-39-29-16-20-14-27(34-26(20)17-30(29)40-2)31(37)36-28(15-21-18-33-24-12-6-5-11-23(21)24)32(38)35-25-13-7-9-19-8-3-4-10-22(19)25/h3-6,8,10-12,14,16-18,25,28,33-34H,7,9,13,15H2,1-2H3,(H,35,38)(H,36,37). The third-order valence-electron chi connectivity index (χ3n) is 7.78. The van der Waals surface area contributed by atoms with Gasteiger partial charge in [-0.15, -0.1) is 0 Å². The van der Waals surface area contributed by atoms with Crippen molar-refractivity contribution in [2.45, 2.75) is 37.8 Å². The molecule has 5 aromatic rings. The number of hydrogen-bond donors (Lipinski definition) is 4. The summed E-state index contributed by atoms with van der Waals surface area (Å²) in [5, 5.41) is 8.09. The average molecular weight is 537 g/mol. The summed E-state index contributed by atoms with van der Waals surface area (Å²) in [6, 6.07) is 20.7. The molecular formula is C32H32N4O4. The number of hydrogen-bond acceptors (Lipinski definition) is 4. The maximum absolute atomic E-state index is 13.8. The van der Waals surface area contributed by atoms with Gasteiger partial charge in [0.1, 0.15) is 11.7 Å². The topological polar surface area (TPSA) is 108 Å². The van der Waals surface area contributed by atoms with E-state index < -0.39 is 6.04 Å². The Morgan fingerprint density at radius 2 is 1.75 bits per heavy atom. The number of amides is 2. The number of carbonyl (C=O) groups is 2. The zero-order valence-corrected chi connectivity index (χ0v) is 22.5. The van der Waals surface area contributed by atoms with Crippen LogP contribution in [-0.2, 0) is 17.6 Å². The summed E-state index contributed by atoms with van der Waals surface area (Å²) >= 11 is 0. The van der Waals surface area contributed by atoms with Crippen molar-refractivity contribution in [3.8, 4) is 11.5 Å². The van der Waals surface area contributed by atoms with Crippen molar-refractivity contribution >= 4 is 33.6 Å².